The van der Waals surface area contributed by atoms with Crippen LogP contribution in [0.4, 0.5) is 0 Å². The van der Waals surface area contributed by atoms with Crippen LogP contribution in [0.5, 0.6) is 0 Å². The summed E-state index contributed by atoms with van der Waals surface area (Å²) in [5, 5.41) is 48.0. The monoisotopic (exact) mass is 703 g/mol. The molecule has 1 aromatic heterocycles. The number of ether oxygens (including phenoxy) is 1. The van der Waals surface area contributed by atoms with Crippen molar-refractivity contribution in [2.75, 3.05) is 19.5 Å². The maximum atomic E-state index is 13.3. The van der Waals surface area contributed by atoms with Crippen molar-refractivity contribution in [3.05, 3.63) is 53.1 Å². The molecule has 2 aliphatic carbocycles. The number of esters is 1. The van der Waals surface area contributed by atoms with E-state index in [1.54, 1.807) is 12.4 Å². The second kappa shape index (κ2) is 17.7. The van der Waals surface area contributed by atoms with Crippen LogP contribution in [0.2, 0.25) is 0 Å². The number of amides is 2. The SMILES string of the molecule is CNCN[C@@](O)(CCC(=O)N[C@@H](CS[C@H]1CCCCCC[C@@H]2CC(Cc3ccncc3)=C[C@@H]3C(=O)OC1=C23)C(=O)N[C@@H](O)C(=O)O)C(=O)O. The van der Waals surface area contributed by atoms with Gasteiger partial charge in [-0.1, -0.05) is 37.3 Å². The zero-order valence-corrected chi connectivity index (χ0v) is 28.2. The van der Waals surface area contributed by atoms with E-state index in [1.165, 1.54) is 18.8 Å². The number of hydrogen-bond acceptors (Lipinski definition) is 12. The van der Waals surface area contributed by atoms with Crippen LogP contribution in [0.25, 0.3) is 0 Å². The van der Waals surface area contributed by atoms with Crippen LogP contribution in [0.3, 0.4) is 0 Å². The number of hydrogen-bond donors (Lipinski definition) is 8. The number of carboxylic acids is 2. The van der Waals surface area contributed by atoms with Crippen LogP contribution < -0.4 is 21.3 Å². The van der Waals surface area contributed by atoms with E-state index < -0.39 is 60.5 Å². The molecule has 0 unspecified atom stereocenters. The lowest BCUT2D eigenvalue weighted by Gasteiger charge is -2.30. The Morgan fingerprint density at radius 3 is 2.47 bits per heavy atom. The van der Waals surface area contributed by atoms with Crippen molar-refractivity contribution in [2.45, 2.75) is 87.5 Å². The summed E-state index contributed by atoms with van der Waals surface area (Å²) in [6, 6.07) is 2.56. The van der Waals surface area contributed by atoms with Gasteiger partial charge < -0.3 is 41.1 Å². The largest absolute Gasteiger partial charge is 0.478 e. The van der Waals surface area contributed by atoms with Crippen molar-refractivity contribution in [2.24, 2.45) is 11.8 Å². The highest BCUT2D eigenvalue weighted by Crippen LogP contribution is 2.47. The second-order valence-electron chi connectivity index (χ2n) is 12.5. The highest BCUT2D eigenvalue weighted by atomic mass is 32.2. The van der Waals surface area contributed by atoms with E-state index in [9.17, 15) is 39.3 Å². The van der Waals surface area contributed by atoms with Gasteiger partial charge in [-0.25, -0.2) is 9.59 Å². The number of aliphatic hydroxyl groups excluding tert-OH is 1. The maximum Gasteiger partial charge on any atom is 0.353 e. The summed E-state index contributed by atoms with van der Waals surface area (Å²) >= 11 is 1.28. The lowest BCUT2D eigenvalue weighted by Crippen LogP contribution is -2.56. The minimum Gasteiger partial charge on any atom is -0.478 e. The zero-order chi connectivity index (χ0) is 35.6. The Labute approximate surface area is 288 Å². The number of aromatic nitrogens is 1. The second-order valence-corrected chi connectivity index (χ2v) is 13.8. The first kappa shape index (κ1) is 38.0. The fraction of sp³-hybridized carbons (Fsp3) is 0.576. The first-order valence-electron chi connectivity index (χ1n) is 16.4. The van der Waals surface area contributed by atoms with Gasteiger partial charge in [-0.3, -0.25) is 24.7 Å². The Morgan fingerprint density at radius 1 is 1.08 bits per heavy atom. The first-order valence-corrected chi connectivity index (χ1v) is 17.5. The molecule has 1 aliphatic heterocycles. The van der Waals surface area contributed by atoms with Crippen molar-refractivity contribution in [1.29, 1.82) is 0 Å². The minimum atomic E-state index is -2.43. The van der Waals surface area contributed by atoms with Gasteiger partial charge in [0.1, 0.15) is 17.7 Å². The predicted octanol–water partition coefficient (Wildman–Crippen LogP) is 0.777. The van der Waals surface area contributed by atoms with Gasteiger partial charge in [0.25, 0.3) is 0 Å². The first-order chi connectivity index (χ1) is 23.4. The molecule has 8 N–H and O–H groups in total. The molecular weight excluding hydrogens is 658 g/mol. The van der Waals surface area contributed by atoms with E-state index in [1.807, 2.05) is 23.5 Å². The lowest BCUT2D eigenvalue weighted by atomic mass is 9.74. The van der Waals surface area contributed by atoms with Crippen molar-refractivity contribution < 1.29 is 49.1 Å². The van der Waals surface area contributed by atoms with Gasteiger partial charge in [0.2, 0.25) is 23.8 Å². The summed E-state index contributed by atoms with van der Waals surface area (Å²) in [5.74, 6) is -5.32. The number of nitrogens with zero attached hydrogens (tertiary/aromatic N) is 1. The van der Waals surface area contributed by atoms with Crippen molar-refractivity contribution >= 4 is 41.5 Å². The predicted molar refractivity (Wildman–Crippen MR) is 177 cm³/mol. The van der Waals surface area contributed by atoms with E-state index in [0.717, 1.165) is 55.2 Å². The number of carbonyl (C=O) groups is 5. The molecule has 6 atom stereocenters. The van der Waals surface area contributed by atoms with Crippen molar-refractivity contribution in [1.82, 2.24) is 26.3 Å². The highest BCUT2D eigenvalue weighted by molar-refractivity contribution is 8.00. The number of nitrogens with one attached hydrogen (secondary N) is 4. The van der Waals surface area contributed by atoms with Crippen molar-refractivity contribution in [3.8, 4) is 0 Å². The lowest BCUT2D eigenvalue weighted by molar-refractivity contribution is -0.164. The van der Waals surface area contributed by atoms with Gasteiger partial charge >= 0.3 is 17.9 Å². The molecule has 0 spiro atoms. The Balaban J connectivity index is 1.54. The molecule has 0 fully saturated rings. The fourth-order valence-corrected chi connectivity index (χ4v) is 7.71. The number of pyridine rings is 1. The normalized spacial score (nSPS) is 23.2. The summed E-state index contributed by atoms with van der Waals surface area (Å²) in [6.45, 7) is -0.0630. The third-order valence-corrected chi connectivity index (χ3v) is 10.3. The average molecular weight is 704 g/mol. The zero-order valence-electron chi connectivity index (χ0n) is 27.4. The number of thioether (sulfide) groups is 1. The standard InChI is InChI=1S/C33H45N5O10S/c1-34-18-36-33(47,32(45)46)11-8-25(39)37-23(28(40)38-29(41)30(42)43)17-49-24-7-5-3-2-4-6-21-15-20(14-19-9-12-35-13-10-19)16-22-26(21)27(24)48-31(22)44/h9-10,12-13,16,21-24,29,34,36,41,47H,2-8,11,14-15,17-18H2,1H3,(H,37,39)(H,38,40)(H,42,43)(H,45,46)/t21-,22+,23+,24+,29+,33-/m1/s1. The van der Waals surface area contributed by atoms with E-state index in [-0.39, 0.29) is 29.6 Å². The number of carboxylic acid groups (broad SMARTS) is 2. The molecule has 1 aromatic rings. The molecule has 15 nitrogen and oxygen atoms in total. The molecule has 0 radical (unpaired) electrons. The van der Waals surface area contributed by atoms with Gasteiger partial charge in [-0.15, -0.1) is 11.8 Å². The van der Waals surface area contributed by atoms with Crippen LogP contribution in [0.1, 0.15) is 63.4 Å². The number of rotatable bonds is 16. The van der Waals surface area contributed by atoms with Crippen molar-refractivity contribution in [3.63, 3.8) is 0 Å². The topological polar surface area (TPSA) is 237 Å². The molecular formula is C33H45N5O10S. The quantitative estimate of drug-likeness (QED) is 0.0675. The molecule has 0 saturated carbocycles. The van der Waals surface area contributed by atoms with Crippen LogP contribution in [-0.4, -0.2) is 97.8 Å². The van der Waals surface area contributed by atoms with Crippen LogP contribution in [-0.2, 0) is 35.1 Å². The maximum absolute atomic E-state index is 13.3. The molecule has 2 amide bonds. The Hall–Kier alpha value is -3.83. The molecule has 0 bridgehead atoms. The van der Waals surface area contributed by atoms with Crippen LogP contribution >= 0.6 is 11.8 Å². The Bertz CT molecular complexity index is 1440. The molecule has 16 heteroatoms. The molecule has 3 aliphatic rings. The number of aliphatic carboxylic acids is 2. The Kier molecular flexibility index (Phi) is 13.7. The van der Waals surface area contributed by atoms with Gasteiger partial charge in [-0.2, -0.15) is 0 Å². The third kappa shape index (κ3) is 10.3. The Morgan fingerprint density at radius 2 is 1.80 bits per heavy atom. The molecule has 49 heavy (non-hydrogen) atoms. The van der Waals surface area contributed by atoms with Gasteiger partial charge in [0.15, 0.2) is 0 Å². The van der Waals surface area contributed by atoms with Gasteiger partial charge in [-0.05, 0) is 61.9 Å². The van der Waals surface area contributed by atoms with Crippen LogP contribution in [0.15, 0.2) is 47.5 Å². The number of aliphatic hydroxyl groups is 2. The fourth-order valence-electron chi connectivity index (χ4n) is 6.38. The summed E-state index contributed by atoms with van der Waals surface area (Å²) in [5.41, 5.74) is 0.797. The average Bonchev–Trinajstić information content (AvgIpc) is 3.40. The van der Waals surface area contributed by atoms with Crippen LogP contribution in [0, 0.1) is 11.8 Å². The smallest absolute Gasteiger partial charge is 0.353 e. The van der Waals surface area contributed by atoms with E-state index in [4.69, 9.17) is 9.84 Å². The number of carbonyl (C=O) groups excluding carboxylic acids is 3. The highest BCUT2D eigenvalue weighted by Gasteiger charge is 2.44. The van der Waals surface area contributed by atoms with Gasteiger partial charge in [0, 0.05) is 37.7 Å². The summed E-state index contributed by atoms with van der Waals surface area (Å²) in [6.07, 6.45) is 9.08. The third-order valence-electron chi connectivity index (χ3n) is 8.93. The summed E-state index contributed by atoms with van der Waals surface area (Å²) < 4.78 is 5.99. The molecule has 2 heterocycles. The minimum absolute atomic E-state index is 0.0630. The molecule has 0 saturated heterocycles. The molecule has 0 aromatic carbocycles. The molecule has 268 valence electrons. The summed E-state index contributed by atoms with van der Waals surface area (Å²) in [4.78, 5) is 66.4. The number of allylic oxidation sites excluding steroid dienone is 1. The van der Waals surface area contributed by atoms with E-state index in [2.05, 4.69) is 20.9 Å². The summed E-state index contributed by atoms with van der Waals surface area (Å²) in [7, 11) is 1.53. The van der Waals surface area contributed by atoms with Gasteiger partial charge in [0.05, 0.1) is 5.25 Å². The van der Waals surface area contributed by atoms with E-state index in [0.29, 0.717) is 18.6 Å². The van der Waals surface area contributed by atoms with E-state index >= 15 is 0 Å². The molecule has 4 rings (SSSR count).